The number of aromatic nitrogens is 1. The van der Waals surface area contributed by atoms with E-state index in [4.69, 9.17) is 4.74 Å². The second-order valence-corrected chi connectivity index (χ2v) is 8.98. The minimum atomic E-state index is -4.54. The standard InChI is InChI=1S/C25H27F3N2O4/c26-25(27,28)23-6-1-16(14-29-23)11-21(31)12-19-13-22(32)15-30(24(19)33)20-4-2-17(3-5-20)18-7-9-34-10-8-18/h1-6,14,18-19,22,32H,7-13,15H2/t19-,22-/m1/s1. The highest BCUT2D eigenvalue weighted by Crippen LogP contribution is 2.31. The number of anilines is 1. The SMILES string of the molecule is O=C(Cc1ccc(C(F)(F)F)nc1)C[C@@H]1C[C@@H](O)CN(c2ccc(C3CCOCC3)cc2)C1=O. The first kappa shape index (κ1) is 24.3. The van der Waals surface area contributed by atoms with Gasteiger partial charge in [0.25, 0.3) is 0 Å². The van der Waals surface area contributed by atoms with Gasteiger partial charge in [-0.25, -0.2) is 0 Å². The van der Waals surface area contributed by atoms with Crippen molar-refractivity contribution in [1.82, 2.24) is 4.98 Å². The summed E-state index contributed by atoms with van der Waals surface area (Å²) >= 11 is 0. The number of aliphatic hydroxyl groups is 1. The van der Waals surface area contributed by atoms with Crippen molar-refractivity contribution in [2.75, 3.05) is 24.7 Å². The van der Waals surface area contributed by atoms with Crippen LogP contribution in [0.3, 0.4) is 0 Å². The van der Waals surface area contributed by atoms with Gasteiger partial charge in [-0.2, -0.15) is 13.2 Å². The van der Waals surface area contributed by atoms with E-state index in [0.717, 1.165) is 38.3 Å². The Morgan fingerprint density at radius 3 is 2.44 bits per heavy atom. The van der Waals surface area contributed by atoms with Crippen LogP contribution in [-0.4, -0.2) is 47.6 Å². The Morgan fingerprint density at radius 1 is 1.12 bits per heavy atom. The highest BCUT2D eigenvalue weighted by atomic mass is 19.4. The fourth-order valence-electron chi connectivity index (χ4n) is 4.66. The summed E-state index contributed by atoms with van der Waals surface area (Å²) in [5.74, 6) is -0.781. The lowest BCUT2D eigenvalue weighted by Crippen LogP contribution is -2.48. The minimum absolute atomic E-state index is 0.0897. The molecule has 182 valence electrons. The number of amides is 1. The van der Waals surface area contributed by atoms with E-state index in [2.05, 4.69) is 4.98 Å². The summed E-state index contributed by atoms with van der Waals surface area (Å²) in [4.78, 5) is 30.6. The third-order valence-corrected chi connectivity index (χ3v) is 6.45. The van der Waals surface area contributed by atoms with E-state index >= 15 is 0 Å². The molecule has 3 heterocycles. The Kier molecular flexibility index (Phi) is 7.33. The summed E-state index contributed by atoms with van der Waals surface area (Å²) in [6.45, 7) is 1.63. The first-order valence-electron chi connectivity index (χ1n) is 11.4. The molecule has 1 aromatic carbocycles. The van der Waals surface area contributed by atoms with Gasteiger partial charge < -0.3 is 14.7 Å². The summed E-state index contributed by atoms with van der Waals surface area (Å²) in [7, 11) is 0. The number of hydrogen-bond acceptors (Lipinski definition) is 5. The van der Waals surface area contributed by atoms with Crippen molar-refractivity contribution in [2.24, 2.45) is 5.92 Å². The minimum Gasteiger partial charge on any atom is -0.391 e. The number of Topliss-reactive ketones (excluding diaryl/α,β-unsaturated/α-hetero) is 1. The van der Waals surface area contributed by atoms with E-state index < -0.39 is 23.9 Å². The van der Waals surface area contributed by atoms with Crippen molar-refractivity contribution in [1.29, 1.82) is 0 Å². The van der Waals surface area contributed by atoms with Crippen LogP contribution in [0.1, 0.15) is 48.4 Å². The summed E-state index contributed by atoms with van der Waals surface area (Å²) in [5, 5.41) is 10.4. The van der Waals surface area contributed by atoms with Crippen LogP contribution >= 0.6 is 0 Å². The third kappa shape index (κ3) is 5.82. The maximum atomic E-state index is 13.1. The lowest BCUT2D eigenvalue weighted by Gasteiger charge is -2.35. The highest BCUT2D eigenvalue weighted by molar-refractivity contribution is 5.98. The Labute approximate surface area is 195 Å². The van der Waals surface area contributed by atoms with E-state index in [0.29, 0.717) is 17.2 Å². The van der Waals surface area contributed by atoms with Crippen LogP contribution in [-0.2, 0) is 26.9 Å². The third-order valence-electron chi connectivity index (χ3n) is 6.45. The highest BCUT2D eigenvalue weighted by Gasteiger charge is 2.36. The molecule has 2 saturated heterocycles. The van der Waals surface area contributed by atoms with Gasteiger partial charge in [-0.1, -0.05) is 18.2 Å². The van der Waals surface area contributed by atoms with E-state index in [-0.39, 0.29) is 37.5 Å². The molecule has 0 aliphatic carbocycles. The molecule has 0 unspecified atom stereocenters. The van der Waals surface area contributed by atoms with E-state index in [9.17, 15) is 27.9 Å². The number of rotatable bonds is 6. The molecule has 1 amide bonds. The zero-order valence-corrected chi connectivity index (χ0v) is 18.6. The number of carbonyl (C=O) groups excluding carboxylic acids is 2. The molecule has 0 radical (unpaired) electrons. The Bertz CT molecular complexity index is 1000. The van der Waals surface area contributed by atoms with Gasteiger partial charge in [0, 0.05) is 43.9 Å². The molecular weight excluding hydrogens is 449 g/mol. The number of benzene rings is 1. The fourth-order valence-corrected chi connectivity index (χ4v) is 4.66. The van der Waals surface area contributed by atoms with Gasteiger partial charge in [-0.3, -0.25) is 14.6 Å². The number of aliphatic hydroxyl groups excluding tert-OH is 1. The number of carbonyl (C=O) groups is 2. The molecule has 2 atom stereocenters. The largest absolute Gasteiger partial charge is 0.433 e. The number of pyridine rings is 1. The van der Waals surface area contributed by atoms with Gasteiger partial charge in [0.05, 0.1) is 12.6 Å². The maximum absolute atomic E-state index is 13.1. The van der Waals surface area contributed by atoms with Crippen LogP contribution in [0.5, 0.6) is 0 Å². The maximum Gasteiger partial charge on any atom is 0.433 e. The van der Waals surface area contributed by atoms with Crippen LogP contribution in [0, 0.1) is 5.92 Å². The van der Waals surface area contributed by atoms with Crippen LogP contribution < -0.4 is 4.90 Å². The molecular formula is C25H27F3N2O4. The molecule has 6 nitrogen and oxygen atoms in total. The number of alkyl halides is 3. The summed E-state index contributed by atoms with van der Waals surface area (Å²) in [5.41, 5.74) is 1.19. The van der Waals surface area contributed by atoms with Crippen LogP contribution in [0.2, 0.25) is 0 Å². The number of nitrogens with zero attached hydrogens (tertiary/aromatic N) is 2. The normalized spacial score (nSPS) is 22.1. The molecule has 2 aliphatic rings. The number of halogens is 3. The van der Waals surface area contributed by atoms with Crippen LogP contribution in [0.15, 0.2) is 42.6 Å². The first-order valence-corrected chi connectivity index (χ1v) is 11.4. The van der Waals surface area contributed by atoms with Gasteiger partial charge in [0.15, 0.2) is 0 Å². The van der Waals surface area contributed by atoms with Gasteiger partial charge in [0.2, 0.25) is 5.91 Å². The summed E-state index contributed by atoms with van der Waals surface area (Å²) < 4.78 is 43.4. The number of β-amino-alcohol motifs (C(OH)–C–C–N with tert-alkyl or cyclic N) is 1. The lowest BCUT2D eigenvalue weighted by molar-refractivity contribution is -0.141. The molecule has 2 aromatic rings. The summed E-state index contributed by atoms with van der Waals surface area (Å²) in [6.07, 6.45) is -2.40. The van der Waals surface area contributed by atoms with Crippen LogP contribution in [0.25, 0.3) is 0 Å². The van der Waals surface area contributed by atoms with Crippen molar-refractivity contribution in [2.45, 2.75) is 50.3 Å². The monoisotopic (exact) mass is 476 g/mol. The second kappa shape index (κ2) is 10.2. The first-order chi connectivity index (χ1) is 16.2. The number of hydrogen-bond donors (Lipinski definition) is 1. The number of ketones is 1. The Balaban J connectivity index is 1.39. The average molecular weight is 476 g/mol. The zero-order chi connectivity index (χ0) is 24.3. The van der Waals surface area contributed by atoms with Crippen LogP contribution in [0.4, 0.5) is 18.9 Å². The molecule has 2 fully saturated rings. The second-order valence-electron chi connectivity index (χ2n) is 8.98. The molecule has 1 N–H and O–H groups in total. The molecule has 0 spiro atoms. The lowest BCUT2D eigenvalue weighted by atomic mass is 9.88. The van der Waals surface area contributed by atoms with Gasteiger partial charge >= 0.3 is 6.18 Å². The number of piperidine rings is 1. The molecule has 34 heavy (non-hydrogen) atoms. The van der Waals surface area contributed by atoms with Gasteiger partial charge in [0.1, 0.15) is 11.5 Å². The van der Waals surface area contributed by atoms with Crippen molar-refractivity contribution in [3.63, 3.8) is 0 Å². The van der Waals surface area contributed by atoms with E-state index in [1.807, 2.05) is 24.3 Å². The Morgan fingerprint density at radius 2 is 1.82 bits per heavy atom. The predicted molar refractivity (Wildman–Crippen MR) is 118 cm³/mol. The smallest absolute Gasteiger partial charge is 0.391 e. The molecule has 2 aliphatic heterocycles. The van der Waals surface area contributed by atoms with E-state index in [1.54, 1.807) is 0 Å². The molecule has 1 aromatic heterocycles. The van der Waals surface area contributed by atoms with Crippen molar-refractivity contribution >= 4 is 17.4 Å². The quantitative estimate of drug-likeness (QED) is 0.684. The number of ether oxygens (including phenoxy) is 1. The molecule has 0 bridgehead atoms. The summed E-state index contributed by atoms with van der Waals surface area (Å²) in [6, 6.07) is 9.79. The van der Waals surface area contributed by atoms with Gasteiger partial charge in [-0.05, 0) is 54.5 Å². The fraction of sp³-hybridized carbons (Fsp3) is 0.480. The average Bonchev–Trinajstić information content (AvgIpc) is 2.81. The van der Waals surface area contributed by atoms with Crippen molar-refractivity contribution < 1.29 is 32.6 Å². The molecule has 4 rings (SSSR count). The van der Waals surface area contributed by atoms with Gasteiger partial charge in [-0.15, -0.1) is 0 Å². The Hall–Kier alpha value is -2.78. The predicted octanol–water partition coefficient (Wildman–Crippen LogP) is 3.91. The molecule has 0 saturated carbocycles. The van der Waals surface area contributed by atoms with Crippen molar-refractivity contribution in [3.05, 3.63) is 59.4 Å². The molecule has 9 heteroatoms. The topological polar surface area (TPSA) is 79.7 Å². The zero-order valence-electron chi connectivity index (χ0n) is 18.6. The van der Waals surface area contributed by atoms with E-state index in [1.165, 1.54) is 16.5 Å². The van der Waals surface area contributed by atoms with Crippen molar-refractivity contribution in [3.8, 4) is 0 Å².